The molecule has 1 N–H and O–H groups in total. The zero-order chi connectivity index (χ0) is 23.8. The van der Waals surface area contributed by atoms with E-state index in [1.165, 1.54) is 25.1 Å². The van der Waals surface area contributed by atoms with Crippen LogP contribution in [0.3, 0.4) is 0 Å². The van der Waals surface area contributed by atoms with E-state index in [1.807, 2.05) is 49.4 Å². The van der Waals surface area contributed by atoms with Gasteiger partial charge in [0, 0.05) is 13.5 Å². The molecule has 0 unspecified atom stereocenters. The quantitative estimate of drug-likeness (QED) is 0.495. The van der Waals surface area contributed by atoms with Gasteiger partial charge in [0.05, 0.1) is 7.11 Å². The highest BCUT2D eigenvalue weighted by Gasteiger charge is 2.29. The van der Waals surface area contributed by atoms with Gasteiger partial charge in [-0.15, -0.1) is 0 Å². The van der Waals surface area contributed by atoms with E-state index < -0.39 is 18.1 Å². The summed E-state index contributed by atoms with van der Waals surface area (Å²) in [6.07, 6.45) is -0.502. The van der Waals surface area contributed by atoms with E-state index in [9.17, 15) is 14.7 Å². The smallest absolute Gasteiger partial charge is 0.410 e. The third-order valence-corrected chi connectivity index (χ3v) is 5.14. The van der Waals surface area contributed by atoms with Gasteiger partial charge in [0.1, 0.15) is 18.4 Å². The average Bonchev–Trinajstić information content (AvgIpc) is 2.84. The van der Waals surface area contributed by atoms with Crippen LogP contribution in [0.5, 0.6) is 17.2 Å². The molecule has 0 heterocycles. The molecule has 7 heteroatoms. The van der Waals surface area contributed by atoms with Gasteiger partial charge in [-0.25, -0.2) is 9.59 Å². The van der Waals surface area contributed by atoms with Crippen LogP contribution in [0.4, 0.5) is 4.79 Å². The molecule has 172 valence electrons. The summed E-state index contributed by atoms with van der Waals surface area (Å²) in [5.74, 6) is 0.196. The summed E-state index contributed by atoms with van der Waals surface area (Å²) in [7, 11) is 2.75. The second-order valence-corrected chi connectivity index (χ2v) is 7.61. The Morgan fingerprint density at radius 1 is 0.970 bits per heavy atom. The molecule has 3 rings (SSSR count). The number of aryl methyl sites for hydroxylation is 1. The summed E-state index contributed by atoms with van der Waals surface area (Å²) in [5, 5.41) is 10.2. The number of benzene rings is 3. The van der Waals surface area contributed by atoms with Crippen molar-refractivity contribution >= 4 is 12.1 Å². The zero-order valence-electron chi connectivity index (χ0n) is 18.9. The number of aromatic hydroxyl groups is 1. The minimum atomic E-state index is -0.921. The molecule has 0 aliphatic heterocycles. The number of rotatable bonds is 8. The summed E-state index contributed by atoms with van der Waals surface area (Å²) in [4.78, 5) is 26.3. The third kappa shape index (κ3) is 6.49. The predicted molar refractivity (Wildman–Crippen MR) is 123 cm³/mol. The van der Waals surface area contributed by atoms with Gasteiger partial charge in [0.15, 0.2) is 11.5 Å². The molecule has 0 saturated carbocycles. The van der Waals surface area contributed by atoms with Crippen molar-refractivity contribution in [2.45, 2.75) is 26.0 Å². The predicted octanol–water partition coefficient (Wildman–Crippen LogP) is 4.85. The molecule has 0 aromatic heterocycles. The summed E-state index contributed by atoms with van der Waals surface area (Å²) in [6, 6.07) is 20.5. The van der Waals surface area contributed by atoms with Crippen molar-refractivity contribution in [1.29, 1.82) is 0 Å². The number of carbonyl (C=O) groups is 2. The monoisotopic (exact) mass is 449 g/mol. The number of phenolic OH excluding ortho intramolecular Hbond substituents is 1. The second-order valence-electron chi connectivity index (χ2n) is 7.61. The lowest BCUT2D eigenvalue weighted by Crippen LogP contribution is -2.44. The van der Waals surface area contributed by atoms with E-state index in [2.05, 4.69) is 0 Å². The molecular formula is C26H27NO6. The van der Waals surface area contributed by atoms with Crippen molar-refractivity contribution in [3.05, 3.63) is 89.5 Å². The van der Waals surface area contributed by atoms with Crippen LogP contribution >= 0.6 is 0 Å². The van der Waals surface area contributed by atoms with Gasteiger partial charge in [-0.1, -0.05) is 54.1 Å². The Morgan fingerprint density at radius 3 is 2.33 bits per heavy atom. The summed E-state index contributed by atoms with van der Waals surface area (Å²) < 4.78 is 16.1. The highest BCUT2D eigenvalue weighted by molar-refractivity contribution is 5.81. The highest BCUT2D eigenvalue weighted by atomic mass is 16.6. The van der Waals surface area contributed by atoms with E-state index in [4.69, 9.17) is 14.2 Å². The Labute approximate surface area is 193 Å². The zero-order valence-corrected chi connectivity index (χ0v) is 18.9. The number of likely N-dealkylation sites (N-methyl/N-ethyl adjacent to an activating group) is 1. The molecule has 0 saturated heterocycles. The Kier molecular flexibility index (Phi) is 7.91. The van der Waals surface area contributed by atoms with Gasteiger partial charge in [-0.2, -0.15) is 0 Å². The molecule has 0 aliphatic rings. The number of ether oxygens (including phenoxy) is 3. The number of carbonyl (C=O) groups excluding carboxylic acids is 2. The Hall–Kier alpha value is -4.00. The first-order valence-corrected chi connectivity index (χ1v) is 10.4. The Bertz CT molecular complexity index is 1080. The lowest BCUT2D eigenvalue weighted by atomic mass is 10.0. The Balaban J connectivity index is 1.73. The average molecular weight is 450 g/mol. The van der Waals surface area contributed by atoms with Crippen molar-refractivity contribution in [3.8, 4) is 17.2 Å². The number of phenols is 1. The largest absolute Gasteiger partial charge is 0.504 e. The molecular weight excluding hydrogens is 422 g/mol. The molecule has 0 aliphatic carbocycles. The van der Waals surface area contributed by atoms with E-state index in [-0.39, 0.29) is 24.5 Å². The first kappa shape index (κ1) is 23.7. The lowest BCUT2D eigenvalue weighted by molar-refractivity contribution is -0.146. The molecule has 0 spiro atoms. The number of methoxy groups -OCH3 is 1. The van der Waals surface area contributed by atoms with E-state index >= 15 is 0 Å². The molecule has 0 radical (unpaired) electrons. The lowest BCUT2D eigenvalue weighted by Gasteiger charge is -2.25. The van der Waals surface area contributed by atoms with Crippen molar-refractivity contribution < 1.29 is 28.9 Å². The second kappa shape index (κ2) is 11.0. The molecule has 7 nitrogen and oxygen atoms in total. The van der Waals surface area contributed by atoms with Crippen LogP contribution in [-0.2, 0) is 27.3 Å². The van der Waals surface area contributed by atoms with Crippen molar-refractivity contribution in [2.75, 3.05) is 14.2 Å². The minimum absolute atomic E-state index is 0.0374. The molecule has 1 amide bonds. The fourth-order valence-electron chi connectivity index (χ4n) is 3.19. The summed E-state index contributed by atoms with van der Waals surface area (Å²) in [6.45, 7) is 2.06. The van der Waals surface area contributed by atoms with Gasteiger partial charge in [0.25, 0.3) is 0 Å². The minimum Gasteiger partial charge on any atom is -0.504 e. The van der Waals surface area contributed by atoms with E-state index in [1.54, 1.807) is 24.3 Å². The number of hydrogen-bond donors (Lipinski definition) is 1. The maximum atomic E-state index is 12.6. The van der Waals surface area contributed by atoms with Crippen LogP contribution in [0.2, 0.25) is 0 Å². The normalized spacial score (nSPS) is 11.4. The fraction of sp³-hybridized carbons (Fsp3) is 0.231. The van der Waals surface area contributed by atoms with Crippen LogP contribution in [0.1, 0.15) is 16.7 Å². The third-order valence-electron chi connectivity index (χ3n) is 5.14. The number of amides is 1. The van der Waals surface area contributed by atoms with E-state index in [0.717, 1.165) is 11.1 Å². The molecule has 3 aromatic rings. The van der Waals surface area contributed by atoms with Crippen molar-refractivity contribution in [2.24, 2.45) is 0 Å². The van der Waals surface area contributed by atoms with Crippen molar-refractivity contribution in [3.63, 3.8) is 0 Å². The highest BCUT2D eigenvalue weighted by Crippen LogP contribution is 2.32. The maximum absolute atomic E-state index is 12.6. The first-order valence-electron chi connectivity index (χ1n) is 10.4. The van der Waals surface area contributed by atoms with Crippen molar-refractivity contribution in [1.82, 2.24) is 4.90 Å². The van der Waals surface area contributed by atoms with E-state index in [0.29, 0.717) is 11.3 Å². The van der Waals surface area contributed by atoms with Crippen LogP contribution in [0, 0.1) is 6.92 Å². The maximum Gasteiger partial charge on any atom is 0.410 e. The van der Waals surface area contributed by atoms with Gasteiger partial charge >= 0.3 is 12.1 Å². The first-order chi connectivity index (χ1) is 15.9. The standard InChI is InChI=1S/C26H27NO6/c1-18-9-12-21(13-10-18)33-24-16-20(11-14-23(24)28)15-22(25(29)31-3)27(2)26(30)32-17-19-7-5-4-6-8-19/h4-14,16,22,28H,15,17H2,1-3H3/t22-/m0/s1. The number of esters is 1. The fourth-order valence-corrected chi connectivity index (χ4v) is 3.19. The molecule has 1 atom stereocenters. The number of nitrogens with zero attached hydrogens (tertiary/aromatic N) is 1. The summed E-state index contributed by atoms with van der Waals surface area (Å²) >= 11 is 0. The van der Waals surface area contributed by atoms with Gasteiger partial charge in [-0.05, 0) is 42.3 Å². The number of hydrogen-bond acceptors (Lipinski definition) is 6. The molecule has 0 bridgehead atoms. The Morgan fingerprint density at radius 2 is 1.67 bits per heavy atom. The van der Waals surface area contributed by atoms with Crippen LogP contribution in [0.25, 0.3) is 0 Å². The van der Waals surface area contributed by atoms with Gasteiger partial charge in [0.2, 0.25) is 0 Å². The van der Waals surface area contributed by atoms with Crippen LogP contribution in [-0.4, -0.2) is 42.3 Å². The summed E-state index contributed by atoms with van der Waals surface area (Å²) in [5.41, 5.74) is 2.60. The van der Waals surface area contributed by atoms with Gasteiger partial charge < -0.3 is 19.3 Å². The topological polar surface area (TPSA) is 85.3 Å². The SMILES string of the molecule is COC(=O)[C@H](Cc1ccc(O)c(Oc2ccc(C)cc2)c1)N(C)C(=O)OCc1ccccc1. The van der Waals surface area contributed by atoms with Gasteiger partial charge in [-0.3, -0.25) is 4.90 Å². The molecule has 33 heavy (non-hydrogen) atoms. The van der Waals surface area contributed by atoms with Crippen LogP contribution < -0.4 is 4.74 Å². The molecule has 3 aromatic carbocycles. The molecule has 0 fully saturated rings. The van der Waals surface area contributed by atoms with Crippen LogP contribution in [0.15, 0.2) is 72.8 Å².